The van der Waals surface area contributed by atoms with E-state index in [1.165, 1.54) is 0 Å². The van der Waals surface area contributed by atoms with E-state index >= 15 is 0 Å². The van der Waals surface area contributed by atoms with Crippen LogP contribution >= 0.6 is 0 Å². The number of hydrogen-bond acceptors (Lipinski definition) is 0. The Bertz CT molecular complexity index is 153. The third-order valence-electron chi connectivity index (χ3n) is 1.10. The van der Waals surface area contributed by atoms with Crippen molar-refractivity contribution in [2.45, 2.75) is 6.42 Å². The van der Waals surface area contributed by atoms with Gasteiger partial charge >= 0.3 is 26.2 Å². The zero-order valence-corrected chi connectivity index (χ0v) is 10.3. The molecule has 0 spiro atoms. The van der Waals surface area contributed by atoms with Crippen LogP contribution in [0.3, 0.4) is 0 Å². The van der Waals surface area contributed by atoms with Crippen molar-refractivity contribution in [3.63, 3.8) is 0 Å². The minimum Gasteiger partial charge on any atom is -0.656 e. The minimum atomic E-state index is 0. The Kier molecular flexibility index (Phi) is 16.9. The number of nitrogens with zero attached hydrogens (tertiary/aromatic N) is 1. The van der Waals surface area contributed by atoms with Gasteiger partial charge in [-0.2, -0.15) is 6.08 Å². The van der Waals surface area contributed by atoms with Crippen LogP contribution < -0.4 is 0 Å². The summed E-state index contributed by atoms with van der Waals surface area (Å²) in [4.78, 5) is 0. The van der Waals surface area contributed by atoms with E-state index in [-0.39, 0.29) is 26.2 Å². The third kappa shape index (κ3) is 14.6. The summed E-state index contributed by atoms with van der Waals surface area (Å²) in [6.45, 7) is 8.49. The molecule has 0 fully saturated rings. The van der Waals surface area contributed by atoms with E-state index in [2.05, 4.69) is 30.6 Å². The van der Waals surface area contributed by atoms with E-state index in [1.807, 2.05) is 12.2 Å². The summed E-state index contributed by atoms with van der Waals surface area (Å²) >= 11 is 0. The first-order valence-corrected chi connectivity index (χ1v) is 3.98. The second-order valence-electron chi connectivity index (χ2n) is 2.17. The Morgan fingerprint density at radius 3 is 2.15 bits per heavy atom. The van der Waals surface area contributed by atoms with E-state index in [0.717, 1.165) is 19.5 Å². The van der Waals surface area contributed by atoms with E-state index in [9.17, 15) is 0 Å². The van der Waals surface area contributed by atoms with Crippen LogP contribution in [0.25, 0.3) is 5.32 Å². The molecule has 13 heavy (non-hydrogen) atoms. The average molecular weight is 252 g/mol. The molecule has 1 nitrogen and oxygen atoms in total. The molecule has 0 bridgehead atoms. The summed E-state index contributed by atoms with van der Waals surface area (Å²) in [5, 5.41) is 3.97. The quantitative estimate of drug-likeness (QED) is 0.415. The zero-order valence-electron chi connectivity index (χ0n) is 7.87. The predicted molar refractivity (Wildman–Crippen MR) is 55.1 cm³/mol. The van der Waals surface area contributed by atoms with Crippen LogP contribution in [0.15, 0.2) is 43.5 Å². The summed E-state index contributed by atoms with van der Waals surface area (Å²) in [5.74, 6) is 0. The predicted octanol–water partition coefficient (Wildman–Crippen LogP) is 3.04. The Hall–Kier alpha value is -0.197. The van der Waals surface area contributed by atoms with Crippen LogP contribution in [-0.2, 0) is 26.2 Å². The summed E-state index contributed by atoms with van der Waals surface area (Å²) in [7, 11) is 0. The van der Waals surface area contributed by atoms with Crippen LogP contribution in [0.2, 0.25) is 0 Å². The number of hydrogen-bond donors (Lipinski definition) is 0. The molecule has 68 valence electrons. The molecule has 0 aromatic heterocycles. The molecular formula is C11H15NZr. The van der Waals surface area contributed by atoms with E-state index in [1.54, 1.807) is 12.2 Å². The summed E-state index contributed by atoms with van der Waals surface area (Å²) in [6, 6.07) is 0. The zero-order chi connectivity index (χ0) is 9.07. The van der Waals surface area contributed by atoms with E-state index in [0.29, 0.717) is 0 Å². The third-order valence-corrected chi connectivity index (χ3v) is 1.10. The fraction of sp³-hybridized carbons (Fsp3) is 0.273. The molecule has 1 aliphatic rings. The van der Waals surface area contributed by atoms with Crippen LogP contribution in [-0.4, -0.2) is 13.1 Å². The number of allylic oxidation sites excluding steroid dienone is 4. The van der Waals surface area contributed by atoms with E-state index in [4.69, 9.17) is 0 Å². The molecule has 0 aliphatic heterocycles. The van der Waals surface area contributed by atoms with Crippen LogP contribution in [0.5, 0.6) is 0 Å². The molecular weight excluding hydrogens is 237 g/mol. The number of rotatable bonds is 4. The monoisotopic (exact) mass is 251 g/mol. The molecule has 2 heteroatoms. The fourth-order valence-corrected chi connectivity index (χ4v) is 0.597. The van der Waals surface area contributed by atoms with Crippen LogP contribution in [0, 0.1) is 6.08 Å². The van der Waals surface area contributed by atoms with Crippen molar-refractivity contribution in [1.29, 1.82) is 0 Å². The van der Waals surface area contributed by atoms with Gasteiger partial charge in [0.25, 0.3) is 0 Å². The van der Waals surface area contributed by atoms with Gasteiger partial charge in [-0.05, 0) is 0 Å². The minimum absolute atomic E-state index is 0. The first-order valence-electron chi connectivity index (χ1n) is 3.98. The largest absolute Gasteiger partial charge is 2.00 e. The van der Waals surface area contributed by atoms with Crippen molar-refractivity contribution in [3.8, 4) is 0 Å². The standard InChI is InChI=1S/C6H10N.C5H5.Zr/c1-3-5-7-6-4-2;1-2-4-5-3-1;/h3-4H,1-2,5-6H2;1-3H,4H2;/q2*-1;+2. The second-order valence-corrected chi connectivity index (χ2v) is 2.17. The molecule has 0 amide bonds. The first kappa shape index (κ1) is 15.3. The maximum atomic E-state index is 3.97. The molecule has 0 saturated carbocycles. The van der Waals surface area contributed by atoms with Gasteiger partial charge < -0.3 is 5.32 Å². The molecule has 1 aliphatic carbocycles. The van der Waals surface area contributed by atoms with Crippen molar-refractivity contribution < 1.29 is 26.2 Å². The van der Waals surface area contributed by atoms with Crippen molar-refractivity contribution in [2.75, 3.05) is 13.1 Å². The van der Waals surface area contributed by atoms with Gasteiger partial charge in [-0.3, -0.25) is 6.08 Å². The first-order chi connectivity index (χ1) is 5.91. The van der Waals surface area contributed by atoms with Gasteiger partial charge in [0.1, 0.15) is 0 Å². The Labute approximate surface area is 100 Å². The van der Waals surface area contributed by atoms with Gasteiger partial charge in [0.05, 0.1) is 0 Å². The molecule has 0 saturated heterocycles. The van der Waals surface area contributed by atoms with Gasteiger partial charge in [0, 0.05) is 0 Å². The van der Waals surface area contributed by atoms with Crippen LogP contribution in [0.4, 0.5) is 0 Å². The Balaban J connectivity index is 0. The van der Waals surface area contributed by atoms with Gasteiger partial charge in [0.15, 0.2) is 0 Å². The summed E-state index contributed by atoms with van der Waals surface area (Å²) in [6.07, 6.45) is 13.5. The molecule has 0 N–H and O–H groups in total. The molecule has 0 heterocycles. The Morgan fingerprint density at radius 2 is 1.92 bits per heavy atom. The SMILES string of the molecule is C=CC[N-]CC=C.[C-]1=CC=CC1.[Zr+2]. The van der Waals surface area contributed by atoms with Crippen molar-refractivity contribution in [1.82, 2.24) is 0 Å². The smallest absolute Gasteiger partial charge is 0.656 e. The van der Waals surface area contributed by atoms with Crippen LogP contribution in [0.1, 0.15) is 6.42 Å². The maximum Gasteiger partial charge on any atom is 2.00 e. The van der Waals surface area contributed by atoms with Crippen molar-refractivity contribution in [3.05, 3.63) is 54.9 Å². The second kappa shape index (κ2) is 14.3. The van der Waals surface area contributed by atoms with Crippen molar-refractivity contribution in [2.24, 2.45) is 0 Å². The van der Waals surface area contributed by atoms with Crippen molar-refractivity contribution >= 4 is 0 Å². The topological polar surface area (TPSA) is 14.1 Å². The van der Waals surface area contributed by atoms with Gasteiger partial charge in [-0.15, -0.1) is 44.8 Å². The molecule has 1 rings (SSSR count). The molecule has 0 aromatic carbocycles. The molecule has 0 aromatic rings. The van der Waals surface area contributed by atoms with Gasteiger partial charge in [0.2, 0.25) is 0 Å². The van der Waals surface area contributed by atoms with E-state index < -0.39 is 0 Å². The summed E-state index contributed by atoms with van der Waals surface area (Å²) in [5.41, 5.74) is 0. The molecule has 0 unspecified atom stereocenters. The fourth-order valence-electron chi connectivity index (χ4n) is 0.597. The molecule has 0 radical (unpaired) electrons. The maximum absolute atomic E-state index is 3.97. The Morgan fingerprint density at radius 1 is 1.31 bits per heavy atom. The normalized spacial score (nSPS) is 11.1. The van der Waals surface area contributed by atoms with Gasteiger partial charge in [-0.1, -0.05) is 0 Å². The average Bonchev–Trinajstić information content (AvgIpc) is 2.62. The molecule has 0 atom stereocenters. The van der Waals surface area contributed by atoms with Gasteiger partial charge in [-0.25, -0.2) is 12.2 Å². The summed E-state index contributed by atoms with van der Waals surface area (Å²) < 4.78 is 0.